The van der Waals surface area contributed by atoms with Crippen molar-refractivity contribution in [3.05, 3.63) is 71.8 Å². The van der Waals surface area contributed by atoms with Crippen LogP contribution in [0.4, 0.5) is 19.0 Å². The van der Waals surface area contributed by atoms with E-state index in [4.69, 9.17) is 16.2 Å². The molecule has 10 nitrogen and oxygen atoms in total. The van der Waals surface area contributed by atoms with Gasteiger partial charge in [0.25, 0.3) is 5.91 Å². The molecule has 0 aliphatic carbocycles. The predicted molar refractivity (Wildman–Crippen MR) is 148 cm³/mol. The largest absolute Gasteiger partial charge is 0.454 e. The lowest BCUT2D eigenvalue weighted by atomic mass is 10.0. The number of aromatic nitrogens is 4. The number of carbonyl (C=O) groups excluding carboxylic acids is 1. The molecule has 4 N–H and O–H groups in total. The van der Waals surface area contributed by atoms with Crippen LogP contribution in [0.5, 0.6) is 11.5 Å². The van der Waals surface area contributed by atoms with Gasteiger partial charge >= 0.3 is 0 Å². The summed E-state index contributed by atoms with van der Waals surface area (Å²) in [7, 11) is 0. The van der Waals surface area contributed by atoms with Crippen LogP contribution in [0.25, 0.3) is 22.3 Å². The first-order valence-corrected chi connectivity index (χ1v) is 13.1. The standard InChI is InChI=1S/C29H27F3N8O2/c1-29(2,35)12-16(13-33)28(41)39-10-4-5-17(14-39)40-27-23(26(34)36-15-37-27)25(38-40)19-9-8-18(11-21(19)31)42-22-7-3-6-20(30)24(22)32/h3,6-9,11-12,15,17H,4-5,10,14,35H2,1-2H3,(H2,34,36,37)/t17-/m1/s1. The fourth-order valence-electron chi connectivity index (χ4n) is 4.90. The Bertz CT molecular complexity index is 1760. The number of amides is 1. The van der Waals surface area contributed by atoms with Crippen molar-refractivity contribution in [3.63, 3.8) is 0 Å². The monoisotopic (exact) mass is 576 g/mol. The molecule has 216 valence electrons. The fraction of sp³-hybridized carbons (Fsp3) is 0.276. The van der Waals surface area contributed by atoms with Gasteiger partial charge in [-0.25, -0.2) is 23.4 Å². The molecule has 1 atom stereocenters. The molecular weight excluding hydrogens is 549 g/mol. The lowest BCUT2D eigenvalue weighted by molar-refractivity contribution is -0.128. The van der Waals surface area contributed by atoms with Gasteiger partial charge in [0.2, 0.25) is 5.82 Å². The molecule has 4 aromatic rings. The lowest BCUT2D eigenvalue weighted by Gasteiger charge is -2.33. The number of nitrogen functional groups attached to an aromatic ring is 1. The molecule has 0 unspecified atom stereocenters. The Morgan fingerprint density at radius 3 is 2.69 bits per heavy atom. The van der Waals surface area contributed by atoms with Gasteiger partial charge in [0, 0.05) is 30.3 Å². The third-order valence-electron chi connectivity index (χ3n) is 6.75. The van der Waals surface area contributed by atoms with Crippen molar-refractivity contribution in [1.82, 2.24) is 24.6 Å². The number of nitrogens with zero attached hydrogens (tertiary/aromatic N) is 6. The summed E-state index contributed by atoms with van der Waals surface area (Å²) >= 11 is 0. The Hall–Kier alpha value is -4.96. The molecule has 1 aliphatic rings. The fourth-order valence-corrected chi connectivity index (χ4v) is 4.90. The van der Waals surface area contributed by atoms with Crippen LogP contribution in [0.1, 0.15) is 32.7 Å². The average molecular weight is 577 g/mol. The van der Waals surface area contributed by atoms with E-state index in [0.29, 0.717) is 30.4 Å². The second-order valence-electron chi connectivity index (χ2n) is 10.6. The molecule has 2 aromatic heterocycles. The van der Waals surface area contributed by atoms with Crippen molar-refractivity contribution in [2.24, 2.45) is 5.73 Å². The molecule has 1 aliphatic heterocycles. The topological polar surface area (TPSA) is 149 Å². The molecule has 0 saturated carbocycles. The van der Waals surface area contributed by atoms with Gasteiger partial charge in [0.1, 0.15) is 41.0 Å². The second-order valence-corrected chi connectivity index (χ2v) is 10.6. The molecule has 2 aromatic carbocycles. The summed E-state index contributed by atoms with van der Waals surface area (Å²) in [6.07, 6.45) is 3.96. The molecule has 13 heteroatoms. The molecule has 5 rings (SSSR count). The molecule has 1 saturated heterocycles. The molecule has 1 fully saturated rings. The molecule has 3 heterocycles. The van der Waals surface area contributed by atoms with Crippen LogP contribution in [0.2, 0.25) is 0 Å². The van der Waals surface area contributed by atoms with Crippen molar-refractivity contribution in [2.75, 3.05) is 18.8 Å². The van der Waals surface area contributed by atoms with Crippen LogP contribution < -0.4 is 16.2 Å². The van der Waals surface area contributed by atoms with E-state index in [1.165, 1.54) is 36.7 Å². The summed E-state index contributed by atoms with van der Waals surface area (Å²) < 4.78 is 50.1. The highest BCUT2D eigenvalue weighted by Gasteiger charge is 2.31. The average Bonchev–Trinajstić information content (AvgIpc) is 3.34. The van der Waals surface area contributed by atoms with Crippen LogP contribution >= 0.6 is 0 Å². The summed E-state index contributed by atoms with van der Waals surface area (Å²) in [5.74, 6) is -3.86. The van der Waals surface area contributed by atoms with Crippen molar-refractivity contribution in [2.45, 2.75) is 38.3 Å². The Kier molecular flexibility index (Phi) is 7.57. The number of anilines is 1. The van der Waals surface area contributed by atoms with Crippen LogP contribution in [0.3, 0.4) is 0 Å². The maximum atomic E-state index is 15.5. The van der Waals surface area contributed by atoms with Gasteiger partial charge in [-0.2, -0.15) is 14.8 Å². The van der Waals surface area contributed by atoms with Crippen LogP contribution in [-0.4, -0.2) is 49.2 Å². The second kappa shape index (κ2) is 11.1. The quantitative estimate of drug-likeness (QED) is 0.249. The maximum absolute atomic E-state index is 15.5. The molecule has 1 amide bonds. The van der Waals surface area contributed by atoms with Crippen LogP contribution in [0, 0.1) is 28.8 Å². The number of nitrogens with two attached hydrogens (primary N) is 2. The summed E-state index contributed by atoms with van der Waals surface area (Å²) in [5, 5.41) is 14.6. The van der Waals surface area contributed by atoms with E-state index >= 15 is 4.39 Å². The van der Waals surface area contributed by atoms with Crippen molar-refractivity contribution in [3.8, 4) is 28.8 Å². The number of fused-ring (bicyclic) bond motifs is 1. The van der Waals surface area contributed by atoms with Crippen molar-refractivity contribution in [1.29, 1.82) is 5.26 Å². The van der Waals surface area contributed by atoms with Gasteiger partial charge in [-0.05, 0) is 57.0 Å². The van der Waals surface area contributed by atoms with Crippen LogP contribution in [0.15, 0.2) is 54.4 Å². The summed E-state index contributed by atoms with van der Waals surface area (Å²) in [4.78, 5) is 23.1. The molecule has 0 spiro atoms. The minimum Gasteiger partial charge on any atom is -0.454 e. The minimum absolute atomic E-state index is 0.0518. The van der Waals surface area contributed by atoms with E-state index < -0.39 is 34.6 Å². The van der Waals surface area contributed by atoms with E-state index in [9.17, 15) is 18.8 Å². The molecule has 42 heavy (non-hydrogen) atoms. The smallest absolute Gasteiger partial charge is 0.264 e. The Morgan fingerprint density at radius 2 is 1.98 bits per heavy atom. The van der Waals surface area contributed by atoms with Crippen LogP contribution in [-0.2, 0) is 4.79 Å². The summed E-state index contributed by atoms with van der Waals surface area (Å²) in [6.45, 7) is 4.04. The van der Waals surface area contributed by atoms with Gasteiger partial charge in [0.05, 0.1) is 11.4 Å². The maximum Gasteiger partial charge on any atom is 0.264 e. The highest BCUT2D eigenvalue weighted by atomic mass is 19.2. The number of carbonyl (C=O) groups is 1. The molecule has 0 bridgehead atoms. The number of nitriles is 1. The first kappa shape index (κ1) is 28.6. The highest BCUT2D eigenvalue weighted by Crippen LogP contribution is 2.37. The number of piperidine rings is 1. The molecule has 0 radical (unpaired) electrons. The third kappa shape index (κ3) is 5.61. The molecular formula is C29H27F3N8O2. The number of ether oxygens (including phenoxy) is 1. The van der Waals surface area contributed by atoms with Gasteiger partial charge in [-0.15, -0.1) is 0 Å². The SMILES string of the molecule is CC(C)(N)C=C(C#N)C(=O)N1CCC[C@@H](n2nc(-c3ccc(Oc4cccc(F)c4F)cc3F)c3c(N)ncnc32)C1. The zero-order valence-electron chi connectivity index (χ0n) is 22.8. The number of likely N-dealkylation sites (tertiary alicyclic amines) is 1. The Morgan fingerprint density at radius 1 is 1.19 bits per heavy atom. The Balaban J connectivity index is 1.49. The van der Waals surface area contributed by atoms with Gasteiger partial charge in [-0.1, -0.05) is 6.07 Å². The summed E-state index contributed by atoms with van der Waals surface area (Å²) in [6, 6.07) is 8.83. The number of hydrogen-bond acceptors (Lipinski definition) is 8. The number of halogens is 3. The number of hydrogen-bond donors (Lipinski definition) is 2. The van der Waals surface area contributed by atoms with E-state index in [1.807, 2.05) is 6.07 Å². The van der Waals surface area contributed by atoms with Gasteiger partial charge in [0.15, 0.2) is 17.2 Å². The van der Waals surface area contributed by atoms with Gasteiger partial charge < -0.3 is 21.1 Å². The summed E-state index contributed by atoms with van der Waals surface area (Å²) in [5.41, 5.74) is 11.8. The van der Waals surface area contributed by atoms with Crippen molar-refractivity contribution < 1.29 is 22.7 Å². The zero-order chi connectivity index (χ0) is 30.2. The lowest BCUT2D eigenvalue weighted by Crippen LogP contribution is -2.42. The Labute approximate surface area is 239 Å². The first-order valence-electron chi connectivity index (χ1n) is 13.1. The predicted octanol–water partition coefficient (Wildman–Crippen LogP) is 4.64. The van der Waals surface area contributed by atoms with E-state index in [1.54, 1.807) is 23.4 Å². The van der Waals surface area contributed by atoms with E-state index in [0.717, 1.165) is 12.1 Å². The highest BCUT2D eigenvalue weighted by molar-refractivity contribution is 5.99. The van der Waals surface area contributed by atoms with E-state index in [-0.39, 0.29) is 41.0 Å². The minimum atomic E-state index is -1.19. The van der Waals surface area contributed by atoms with Crippen molar-refractivity contribution >= 4 is 22.8 Å². The zero-order valence-corrected chi connectivity index (χ0v) is 22.8. The van der Waals surface area contributed by atoms with E-state index in [2.05, 4.69) is 15.1 Å². The third-order valence-corrected chi connectivity index (χ3v) is 6.75. The number of rotatable bonds is 6. The number of benzene rings is 2. The normalized spacial score (nSPS) is 16.0. The van der Waals surface area contributed by atoms with Gasteiger partial charge in [-0.3, -0.25) is 4.79 Å². The first-order chi connectivity index (χ1) is 20.0.